The molecule has 0 amide bonds. The third-order valence-electron chi connectivity index (χ3n) is 11.8. The zero-order valence-corrected chi connectivity index (χ0v) is 24.6. The van der Waals surface area contributed by atoms with Crippen LogP contribution >= 0.6 is 0 Å². The second-order valence-corrected chi connectivity index (χ2v) is 13.6. The van der Waals surface area contributed by atoms with Gasteiger partial charge >= 0.3 is 11.9 Å². The lowest BCUT2D eigenvalue weighted by atomic mass is 9.55. The van der Waals surface area contributed by atoms with Crippen molar-refractivity contribution in [2.75, 3.05) is 20.3 Å². The van der Waals surface area contributed by atoms with Crippen LogP contribution in [0.4, 0.5) is 0 Å². The second-order valence-electron chi connectivity index (χ2n) is 13.6. The molecule has 4 aliphatic carbocycles. The maximum atomic E-state index is 13.6. The van der Waals surface area contributed by atoms with Gasteiger partial charge in [0.25, 0.3) is 0 Å². The number of carbonyl (C=O) groups excluding carboxylic acids is 2. The van der Waals surface area contributed by atoms with Gasteiger partial charge in [0.05, 0.1) is 18.1 Å². The number of methoxy groups -OCH3 is 1. The van der Waals surface area contributed by atoms with E-state index in [0.717, 1.165) is 31.1 Å². The summed E-state index contributed by atoms with van der Waals surface area (Å²) >= 11 is 0. The van der Waals surface area contributed by atoms with Gasteiger partial charge in [-0.25, -0.2) is 4.79 Å². The quantitative estimate of drug-likeness (QED) is 0.239. The lowest BCUT2D eigenvalue weighted by molar-refractivity contribution is -0.308. The van der Waals surface area contributed by atoms with Crippen LogP contribution in [0.1, 0.15) is 59.8 Å². The van der Waals surface area contributed by atoms with Crippen molar-refractivity contribution in [1.82, 2.24) is 0 Å². The summed E-state index contributed by atoms with van der Waals surface area (Å²) in [5.74, 6) is -1.54. The number of aliphatic carboxylic acids is 1. The molecule has 10 nitrogen and oxygen atoms in total. The maximum absolute atomic E-state index is 13.6. The molecule has 0 spiro atoms. The zero-order chi connectivity index (χ0) is 29.5. The summed E-state index contributed by atoms with van der Waals surface area (Å²) in [6.45, 7) is 8.41. The van der Waals surface area contributed by atoms with Gasteiger partial charge in [-0.15, -0.1) is 0 Å². The number of carboxylic acid groups (broad SMARTS) is 1. The molecule has 0 radical (unpaired) electrons. The molecule has 10 heteroatoms. The van der Waals surface area contributed by atoms with Gasteiger partial charge in [0.1, 0.15) is 23.9 Å². The third-order valence-corrected chi connectivity index (χ3v) is 11.8. The van der Waals surface area contributed by atoms with Crippen molar-refractivity contribution in [3.05, 3.63) is 11.6 Å². The van der Waals surface area contributed by atoms with E-state index in [9.17, 15) is 24.6 Å². The normalized spacial score (nSPS) is 49.8. The topological polar surface area (TPSA) is 138 Å². The number of aliphatic hydroxyl groups is 1. The molecule has 0 aromatic rings. The summed E-state index contributed by atoms with van der Waals surface area (Å²) in [5, 5.41) is 22.6. The highest BCUT2D eigenvalue weighted by Gasteiger charge is 2.89. The molecule has 0 aromatic heterocycles. The number of hydrogen-bond donors (Lipinski definition) is 2. The number of ether oxygens (including phenoxy) is 5. The lowest BCUT2D eigenvalue weighted by Gasteiger charge is -2.48. The van der Waals surface area contributed by atoms with Crippen LogP contribution in [0.25, 0.3) is 0 Å². The minimum atomic E-state index is -1.38. The molecule has 41 heavy (non-hydrogen) atoms. The predicted molar refractivity (Wildman–Crippen MR) is 143 cm³/mol. The molecule has 2 saturated heterocycles. The van der Waals surface area contributed by atoms with E-state index in [-0.39, 0.29) is 36.2 Å². The highest BCUT2D eigenvalue weighted by molar-refractivity contribution is 5.91. The fraction of sp³-hybridized carbons (Fsp3) is 0.839. The van der Waals surface area contributed by atoms with Gasteiger partial charge in [0.15, 0.2) is 18.5 Å². The molecule has 3 saturated carbocycles. The SMILES string of the molecule is CO[C@H]1[C@@H](OC(=O)C2CCCO2)[C@H](O)[C@H](OCC23C4C=C(C(C)C)C2(C(=O)O)C(C=O)(C4)[C@@H]2CC[C@@H](C)[C@H]23)O[C@@H]1C. The lowest BCUT2D eigenvalue weighted by Crippen LogP contribution is -2.61. The second kappa shape index (κ2) is 10.1. The Labute approximate surface area is 241 Å². The number of aldehydes is 1. The van der Waals surface area contributed by atoms with Crippen LogP contribution in [0, 0.1) is 45.8 Å². The van der Waals surface area contributed by atoms with Gasteiger partial charge in [0, 0.05) is 19.1 Å². The molecule has 0 aromatic carbocycles. The first-order valence-corrected chi connectivity index (χ1v) is 15.2. The molecule has 4 bridgehead atoms. The third kappa shape index (κ3) is 3.57. The zero-order valence-electron chi connectivity index (χ0n) is 24.6. The van der Waals surface area contributed by atoms with Crippen LogP contribution in [0.15, 0.2) is 11.6 Å². The van der Waals surface area contributed by atoms with E-state index in [1.54, 1.807) is 6.92 Å². The molecular formula is C31H44O10. The number of hydrogen-bond acceptors (Lipinski definition) is 9. The Kier molecular flexibility index (Phi) is 7.21. The largest absolute Gasteiger partial charge is 0.481 e. The van der Waals surface area contributed by atoms with E-state index in [4.69, 9.17) is 23.7 Å². The maximum Gasteiger partial charge on any atom is 0.335 e. The van der Waals surface area contributed by atoms with Gasteiger partial charge in [-0.2, -0.15) is 0 Å². The van der Waals surface area contributed by atoms with Crippen molar-refractivity contribution in [3.63, 3.8) is 0 Å². The molecule has 6 aliphatic rings. The van der Waals surface area contributed by atoms with Crippen molar-refractivity contribution >= 4 is 18.2 Å². The Morgan fingerprint density at radius 2 is 1.95 bits per heavy atom. The first kappa shape index (κ1) is 29.2. The van der Waals surface area contributed by atoms with E-state index in [1.165, 1.54) is 7.11 Å². The molecule has 13 atom stereocenters. The molecule has 6 rings (SSSR count). The minimum Gasteiger partial charge on any atom is -0.481 e. The molecule has 2 heterocycles. The Morgan fingerprint density at radius 3 is 2.56 bits per heavy atom. The van der Waals surface area contributed by atoms with Crippen LogP contribution in [-0.4, -0.2) is 85.6 Å². The van der Waals surface area contributed by atoms with E-state index in [0.29, 0.717) is 19.4 Å². The van der Waals surface area contributed by atoms with E-state index >= 15 is 0 Å². The van der Waals surface area contributed by atoms with Crippen LogP contribution in [0.3, 0.4) is 0 Å². The van der Waals surface area contributed by atoms with Gasteiger partial charge in [0.2, 0.25) is 0 Å². The summed E-state index contributed by atoms with van der Waals surface area (Å²) in [6.07, 6.45) is 1.02. The van der Waals surface area contributed by atoms with Crippen molar-refractivity contribution < 1.29 is 48.3 Å². The Hall–Kier alpha value is -1.85. The number of carboxylic acids is 1. The van der Waals surface area contributed by atoms with Gasteiger partial charge in [-0.05, 0) is 62.2 Å². The van der Waals surface area contributed by atoms with Crippen LogP contribution in [-0.2, 0) is 38.1 Å². The Bertz CT molecular complexity index is 1110. The number of allylic oxidation sites excluding steroid dienone is 1. The predicted octanol–water partition coefficient (Wildman–Crippen LogP) is 2.75. The molecule has 5 fully saturated rings. The summed E-state index contributed by atoms with van der Waals surface area (Å²) < 4.78 is 29.4. The van der Waals surface area contributed by atoms with Gasteiger partial charge in [-0.1, -0.05) is 38.8 Å². The number of esters is 1. The molecule has 2 aliphatic heterocycles. The standard InChI is InChI=1S/C31H44O10/c1-15(2)20-11-18-12-29(13-32)19-9-8-16(3)22(19)30(18,31(20,29)28(35)36)14-39-27-23(33)25(24(37-5)17(4)40-27)41-26(34)21-7-6-10-38-21/h11,13,15-19,21-25,27,33H,6-10,12,14H2,1-5H3,(H,35,36)/t16-,17-,18?,19-,21?,22-,23+,24-,25+,27-,29?,30?,31?/m1/s1. The number of rotatable bonds is 9. The number of fused-ring (bicyclic) bond motifs is 2. The summed E-state index contributed by atoms with van der Waals surface area (Å²) in [7, 11) is 1.47. The van der Waals surface area contributed by atoms with Crippen molar-refractivity contribution in [1.29, 1.82) is 0 Å². The monoisotopic (exact) mass is 576 g/mol. The Morgan fingerprint density at radius 1 is 1.20 bits per heavy atom. The van der Waals surface area contributed by atoms with Gasteiger partial charge in [-0.3, -0.25) is 4.79 Å². The fourth-order valence-corrected chi connectivity index (χ4v) is 10.5. The fourth-order valence-electron chi connectivity index (χ4n) is 10.5. The van der Waals surface area contributed by atoms with Gasteiger partial charge < -0.3 is 38.7 Å². The van der Waals surface area contributed by atoms with E-state index in [1.807, 2.05) is 13.8 Å². The molecule has 228 valence electrons. The minimum absolute atomic E-state index is 0.0102. The summed E-state index contributed by atoms with van der Waals surface area (Å²) in [4.78, 5) is 39.5. The first-order valence-electron chi connectivity index (χ1n) is 15.2. The number of aliphatic hydroxyl groups excluding tert-OH is 1. The highest BCUT2D eigenvalue weighted by atomic mass is 16.7. The van der Waals surface area contributed by atoms with Crippen LogP contribution in [0.5, 0.6) is 0 Å². The molecular weight excluding hydrogens is 532 g/mol. The Balaban J connectivity index is 1.33. The molecule has 2 N–H and O–H groups in total. The highest BCUT2D eigenvalue weighted by Crippen LogP contribution is 2.87. The summed E-state index contributed by atoms with van der Waals surface area (Å²) in [6, 6.07) is 0. The van der Waals surface area contributed by atoms with Crippen molar-refractivity contribution in [2.24, 2.45) is 45.8 Å². The first-order chi connectivity index (χ1) is 19.5. The van der Waals surface area contributed by atoms with Crippen molar-refractivity contribution in [3.8, 4) is 0 Å². The average molecular weight is 577 g/mol. The molecule has 5 unspecified atom stereocenters. The van der Waals surface area contributed by atoms with Crippen LogP contribution in [0.2, 0.25) is 0 Å². The average Bonchev–Trinajstić information content (AvgIpc) is 3.73. The summed E-state index contributed by atoms with van der Waals surface area (Å²) in [5.41, 5.74) is -2.40. The van der Waals surface area contributed by atoms with Crippen LogP contribution < -0.4 is 0 Å². The van der Waals surface area contributed by atoms with E-state index in [2.05, 4.69) is 13.0 Å². The smallest absolute Gasteiger partial charge is 0.335 e. The number of carbonyl (C=O) groups is 3. The van der Waals surface area contributed by atoms with E-state index < -0.39 is 65.0 Å². The van der Waals surface area contributed by atoms with Crippen molar-refractivity contribution in [2.45, 2.75) is 96.6 Å².